The molecule has 0 saturated carbocycles. The zero-order valence-electron chi connectivity index (χ0n) is 12.2. The highest BCUT2D eigenvalue weighted by Crippen LogP contribution is 2.21. The fourth-order valence-electron chi connectivity index (χ4n) is 2.96. The maximum atomic E-state index is 12.3. The van der Waals surface area contributed by atoms with Gasteiger partial charge >= 0.3 is 0 Å². The molecular formula is C13H27ClN2O3S. The van der Waals surface area contributed by atoms with E-state index in [1.807, 2.05) is 7.05 Å². The second kappa shape index (κ2) is 8.54. The van der Waals surface area contributed by atoms with Crippen LogP contribution in [0.3, 0.4) is 0 Å². The lowest BCUT2D eigenvalue weighted by atomic mass is 9.98. The Balaban J connectivity index is 0.00000200. The van der Waals surface area contributed by atoms with Crippen LogP contribution in [-0.2, 0) is 14.8 Å². The molecule has 2 fully saturated rings. The minimum absolute atomic E-state index is 0. The lowest BCUT2D eigenvalue weighted by Crippen LogP contribution is -2.44. The van der Waals surface area contributed by atoms with E-state index in [-0.39, 0.29) is 24.3 Å². The van der Waals surface area contributed by atoms with Crippen LogP contribution < -0.4 is 5.32 Å². The SMILES string of the molecule is CNCC1CCN(S(=O)(=O)CC2CCCCO2)CC1.Cl. The predicted molar refractivity (Wildman–Crippen MR) is 82.8 cm³/mol. The Morgan fingerprint density at radius 1 is 1.20 bits per heavy atom. The molecule has 0 aliphatic carbocycles. The summed E-state index contributed by atoms with van der Waals surface area (Å²) in [5.74, 6) is 0.784. The van der Waals surface area contributed by atoms with E-state index in [9.17, 15) is 8.42 Å². The van der Waals surface area contributed by atoms with Crippen LogP contribution in [-0.4, -0.2) is 57.9 Å². The van der Waals surface area contributed by atoms with Crippen molar-refractivity contribution >= 4 is 22.4 Å². The molecule has 1 unspecified atom stereocenters. The Kier molecular flexibility index (Phi) is 7.75. The first-order valence-corrected chi connectivity index (χ1v) is 8.97. The van der Waals surface area contributed by atoms with Crippen LogP contribution in [0, 0.1) is 5.92 Å². The molecule has 2 rings (SSSR count). The van der Waals surface area contributed by atoms with Crippen molar-refractivity contribution in [2.75, 3.05) is 39.0 Å². The lowest BCUT2D eigenvalue weighted by Gasteiger charge is -2.32. The van der Waals surface area contributed by atoms with E-state index in [1.165, 1.54) is 0 Å². The van der Waals surface area contributed by atoms with E-state index < -0.39 is 10.0 Å². The van der Waals surface area contributed by atoms with Crippen LogP contribution in [0.25, 0.3) is 0 Å². The molecule has 120 valence electrons. The van der Waals surface area contributed by atoms with E-state index >= 15 is 0 Å². The number of nitrogens with one attached hydrogen (secondary N) is 1. The third kappa shape index (κ3) is 5.15. The summed E-state index contributed by atoms with van der Waals surface area (Å²) >= 11 is 0. The summed E-state index contributed by atoms with van der Waals surface area (Å²) < 4.78 is 31.9. The average Bonchev–Trinajstić information content (AvgIpc) is 2.40. The van der Waals surface area contributed by atoms with E-state index in [2.05, 4.69) is 5.32 Å². The molecule has 20 heavy (non-hydrogen) atoms. The fraction of sp³-hybridized carbons (Fsp3) is 1.00. The van der Waals surface area contributed by atoms with E-state index in [0.717, 1.165) is 38.6 Å². The standard InChI is InChI=1S/C13H26N2O3S.ClH/c1-14-10-12-5-7-15(8-6-12)19(16,17)11-13-4-2-3-9-18-13;/h12-14H,2-11H2,1H3;1H. The molecule has 0 radical (unpaired) electrons. The number of halogens is 1. The van der Waals surface area contributed by atoms with Crippen molar-refractivity contribution in [2.45, 2.75) is 38.2 Å². The van der Waals surface area contributed by atoms with Gasteiger partial charge in [-0.2, -0.15) is 0 Å². The smallest absolute Gasteiger partial charge is 0.216 e. The summed E-state index contributed by atoms with van der Waals surface area (Å²) in [6, 6.07) is 0. The molecule has 0 aromatic rings. The Morgan fingerprint density at radius 3 is 2.45 bits per heavy atom. The van der Waals surface area contributed by atoms with Gasteiger partial charge in [-0.3, -0.25) is 0 Å². The number of hydrogen-bond donors (Lipinski definition) is 1. The highest BCUT2D eigenvalue weighted by Gasteiger charge is 2.30. The summed E-state index contributed by atoms with van der Waals surface area (Å²) in [4.78, 5) is 0. The van der Waals surface area contributed by atoms with Gasteiger partial charge in [0.15, 0.2) is 0 Å². The monoisotopic (exact) mass is 326 g/mol. The van der Waals surface area contributed by atoms with Crippen LogP contribution >= 0.6 is 12.4 Å². The van der Waals surface area contributed by atoms with Crippen LogP contribution in [0.2, 0.25) is 0 Å². The Morgan fingerprint density at radius 2 is 1.90 bits per heavy atom. The minimum atomic E-state index is -3.13. The second-order valence-electron chi connectivity index (χ2n) is 5.67. The summed E-state index contributed by atoms with van der Waals surface area (Å²) in [6.07, 6.45) is 4.87. The first-order valence-electron chi connectivity index (χ1n) is 7.36. The molecule has 2 aliphatic rings. The van der Waals surface area contributed by atoms with Gasteiger partial charge in [0.2, 0.25) is 10.0 Å². The van der Waals surface area contributed by atoms with Gasteiger partial charge in [0.1, 0.15) is 0 Å². The molecule has 0 aromatic carbocycles. The Labute approximate surface area is 128 Å². The molecule has 2 heterocycles. The minimum Gasteiger partial charge on any atom is -0.377 e. The van der Waals surface area contributed by atoms with Crippen molar-refractivity contribution in [1.29, 1.82) is 0 Å². The van der Waals surface area contributed by atoms with Crippen molar-refractivity contribution in [1.82, 2.24) is 9.62 Å². The first-order chi connectivity index (χ1) is 9.12. The molecule has 0 amide bonds. The van der Waals surface area contributed by atoms with Gasteiger partial charge in [0.05, 0.1) is 11.9 Å². The first kappa shape index (κ1) is 18.2. The molecule has 0 spiro atoms. The van der Waals surface area contributed by atoms with Gasteiger partial charge in [0, 0.05) is 19.7 Å². The third-order valence-electron chi connectivity index (χ3n) is 4.13. The van der Waals surface area contributed by atoms with Crippen LogP contribution in [0.15, 0.2) is 0 Å². The Bertz CT molecular complexity index is 364. The second-order valence-corrected chi connectivity index (χ2v) is 7.68. The summed E-state index contributed by atoms with van der Waals surface area (Å²) in [5, 5.41) is 3.17. The van der Waals surface area contributed by atoms with Gasteiger partial charge < -0.3 is 10.1 Å². The average molecular weight is 327 g/mol. The summed E-state index contributed by atoms with van der Waals surface area (Å²) in [6.45, 7) is 3.03. The summed E-state index contributed by atoms with van der Waals surface area (Å²) in [7, 11) is -1.19. The molecule has 2 aliphatic heterocycles. The molecule has 5 nitrogen and oxygen atoms in total. The zero-order chi connectivity index (χ0) is 13.7. The van der Waals surface area contributed by atoms with Crippen LogP contribution in [0.1, 0.15) is 32.1 Å². The molecule has 1 N–H and O–H groups in total. The van der Waals surface area contributed by atoms with E-state index in [4.69, 9.17) is 4.74 Å². The summed E-state index contributed by atoms with van der Waals surface area (Å²) in [5.41, 5.74) is 0. The number of piperidine rings is 1. The molecule has 7 heteroatoms. The number of nitrogens with zero attached hydrogens (tertiary/aromatic N) is 1. The maximum Gasteiger partial charge on any atom is 0.216 e. The molecule has 1 atom stereocenters. The van der Waals surface area contributed by atoms with Crippen LogP contribution in [0.5, 0.6) is 0 Å². The van der Waals surface area contributed by atoms with Gasteiger partial charge in [-0.05, 0) is 51.6 Å². The zero-order valence-corrected chi connectivity index (χ0v) is 13.8. The molecular weight excluding hydrogens is 300 g/mol. The van der Waals surface area contributed by atoms with Crippen molar-refractivity contribution < 1.29 is 13.2 Å². The number of rotatable bonds is 5. The lowest BCUT2D eigenvalue weighted by molar-refractivity contribution is 0.0297. The van der Waals surface area contributed by atoms with Crippen molar-refractivity contribution in [3.63, 3.8) is 0 Å². The number of ether oxygens (including phenoxy) is 1. The fourth-order valence-corrected chi connectivity index (χ4v) is 4.67. The highest BCUT2D eigenvalue weighted by atomic mass is 35.5. The molecule has 0 aromatic heterocycles. The van der Waals surface area contributed by atoms with Gasteiger partial charge in [-0.25, -0.2) is 12.7 Å². The van der Waals surface area contributed by atoms with Gasteiger partial charge in [-0.1, -0.05) is 0 Å². The number of sulfonamides is 1. The van der Waals surface area contributed by atoms with Crippen molar-refractivity contribution in [3.05, 3.63) is 0 Å². The largest absolute Gasteiger partial charge is 0.377 e. The third-order valence-corrected chi connectivity index (χ3v) is 6.08. The van der Waals surface area contributed by atoms with Crippen LogP contribution in [0.4, 0.5) is 0 Å². The van der Waals surface area contributed by atoms with Gasteiger partial charge in [-0.15, -0.1) is 12.4 Å². The van der Waals surface area contributed by atoms with Crippen molar-refractivity contribution in [2.24, 2.45) is 5.92 Å². The van der Waals surface area contributed by atoms with E-state index in [1.54, 1.807) is 4.31 Å². The number of hydrogen-bond acceptors (Lipinski definition) is 4. The van der Waals surface area contributed by atoms with E-state index in [0.29, 0.717) is 25.6 Å². The molecule has 2 saturated heterocycles. The highest BCUT2D eigenvalue weighted by molar-refractivity contribution is 7.89. The van der Waals surface area contributed by atoms with Crippen molar-refractivity contribution in [3.8, 4) is 0 Å². The topological polar surface area (TPSA) is 58.6 Å². The maximum absolute atomic E-state index is 12.3. The molecule has 0 bridgehead atoms. The normalized spacial score (nSPS) is 26.1. The van der Waals surface area contributed by atoms with Gasteiger partial charge in [0.25, 0.3) is 0 Å². The quantitative estimate of drug-likeness (QED) is 0.826. The Hall–Kier alpha value is 0.120. The predicted octanol–water partition coefficient (Wildman–Crippen LogP) is 1.24.